The van der Waals surface area contributed by atoms with Crippen molar-refractivity contribution in [2.24, 2.45) is 0 Å². The average Bonchev–Trinajstić information content (AvgIpc) is 3.11. The summed E-state index contributed by atoms with van der Waals surface area (Å²) < 4.78 is 0. The van der Waals surface area contributed by atoms with Gasteiger partial charge in [-0.2, -0.15) is 0 Å². The van der Waals surface area contributed by atoms with Gasteiger partial charge >= 0.3 is 0 Å². The first kappa shape index (κ1) is 23.2. The number of carbonyl (C=O) groups excluding carboxylic acids is 4. The number of carbonyl (C=O) groups is 4. The quantitative estimate of drug-likeness (QED) is 0.450. The molecule has 0 radical (unpaired) electrons. The highest BCUT2D eigenvalue weighted by Gasteiger charge is 2.45. The molecule has 34 heavy (non-hydrogen) atoms. The molecule has 3 aromatic carbocycles. The molecule has 1 fully saturated rings. The van der Waals surface area contributed by atoms with Crippen LogP contribution in [-0.4, -0.2) is 34.7 Å². The smallest absolute Gasteiger partial charge is 0.271 e. The molecule has 4 amide bonds. The predicted octanol–water partition coefficient (Wildman–Crippen LogP) is 3.70. The highest BCUT2D eigenvalue weighted by molar-refractivity contribution is 6.33. The Morgan fingerprint density at radius 2 is 1.71 bits per heavy atom. The second kappa shape index (κ2) is 9.89. The van der Waals surface area contributed by atoms with E-state index in [0.29, 0.717) is 11.3 Å². The fourth-order valence-corrected chi connectivity index (χ4v) is 4.06. The minimum Gasteiger partial charge on any atom is -0.274 e. The lowest BCUT2D eigenvalue weighted by atomic mass is 10.1. The summed E-state index contributed by atoms with van der Waals surface area (Å²) in [6.45, 7) is 1.85. The number of nitrogens with one attached hydrogen (secondary N) is 1. The van der Waals surface area contributed by atoms with Gasteiger partial charge in [-0.05, 0) is 42.3 Å². The SMILES string of the molecule is Cc1cccc(N2C(=O)CC(N(NC(=O)c3ccccc3Cl)C(=O)Cc3ccccc3)C2=O)c1. The highest BCUT2D eigenvalue weighted by atomic mass is 35.5. The molecule has 0 aliphatic carbocycles. The first-order valence-corrected chi connectivity index (χ1v) is 11.1. The molecular weight excluding hydrogens is 454 g/mol. The van der Waals surface area contributed by atoms with Crippen LogP contribution in [0.2, 0.25) is 5.02 Å². The number of anilines is 1. The van der Waals surface area contributed by atoms with E-state index in [-0.39, 0.29) is 23.4 Å². The van der Waals surface area contributed by atoms with Gasteiger partial charge < -0.3 is 0 Å². The van der Waals surface area contributed by atoms with Crippen LogP contribution in [0.3, 0.4) is 0 Å². The molecule has 0 aromatic heterocycles. The zero-order valence-corrected chi connectivity index (χ0v) is 19.2. The fourth-order valence-electron chi connectivity index (χ4n) is 3.84. The molecular formula is C26H22ClN3O4. The van der Waals surface area contributed by atoms with Gasteiger partial charge in [0.15, 0.2) is 0 Å². The van der Waals surface area contributed by atoms with Crippen LogP contribution in [0.1, 0.15) is 27.9 Å². The lowest BCUT2D eigenvalue weighted by Gasteiger charge is -2.28. The molecule has 1 heterocycles. The van der Waals surface area contributed by atoms with E-state index in [1.165, 1.54) is 6.07 Å². The van der Waals surface area contributed by atoms with E-state index >= 15 is 0 Å². The second-order valence-corrected chi connectivity index (χ2v) is 8.38. The van der Waals surface area contributed by atoms with Crippen molar-refractivity contribution in [3.05, 3.63) is 101 Å². The molecule has 1 N–H and O–H groups in total. The Labute approximate surface area is 201 Å². The number of benzene rings is 3. The third-order valence-electron chi connectivity index (χ3n) is 5.50. The number of nitrogens with zero attached hydrogens (tertiary/aromatic N) is 2. The molecule has 0 bridgehead atoms. The van der Waals surface area contributed by atoms with Crippen molar-refractivity contribution in [3.63, 3.8) is 0 Å². The number of rotatable bonds is 5. The van der Waals surface area contributed by atoms with Crippen LogP contribution in [0.15, 0.2) is 78.9 Å². The summed E-state index contributed by atoms with van der Waals surface area (Å²) in [5.74, 6) is -2.22. The van der Waals surface area contributed by atoms with E-state index in [4.69, 9.17) is 11.6 Å². The number of imide groups is 1. The van der Waals surface area contributed by atoms with Gasteiger partial charge in [-0.1, -0.05) is 66.2 Å². The maximum absolute atomic E-state index is 13.3. The van der Waals surface area contributed by atoms with Crippen LogP contribution in [0.25, 0.3) is 0 Å². The maximum Gasteiger partial charge on any atom is 0.271 e. The third-order valence-corrected chi connectivity index (χ3v) is 5.83. The number of hydrogen-bond acceptors (Lipinski definition) is 4. The Morgan fingerprint density at radius 3 is 2.41 bits per heavy atom. The van der Waals surface area contributed by atoms with Crippen LogP contribution in [-0.2, 0) is 20.8 Å². The number of halogens is 1. The Hall–Kier alpha value is -3.97. The lowest BCUT2D eigenvalue weighted by molar-refractivity contribution is -0.140. The average molecular weight is 476 g/mol. The van der Waals surface area contributed by atoms with Gasteiger partial charge in [-0.15, -0.1) is 0 Å². The monoisotopic (exact) mass is 475 g/mol. The molecule has 1 saturated heterocycles. The summed E-state index contributed by atoms with van der Waals surface area (Å²) in [7, 11) is 0. The molecule has 7 nitrogen and oxygen atoms in total. The van der Waals surface area contributed by atoms with Crippen LogP contribution < -0.4 is 10.3 Å². The Bertz CT molecular complexity index is 1260. The summed E-state index contributed by atoms with van der Waals surface area (Å²) in [4.78, 5) is 53.5. The van der Waals surface area contributed by atoms with Gasteiger partial charge in [0.05, 0.1) is 29.1 Å². The first-order chi connectivity index (χ1) is 16.3. The van der Waals surface area contributed by atoms with Gasteiger partial charge in [0.1, 0.15) is 6.04 Å². The van der Waals surface area contributed by atoms with Crippen molar-refractivity contribution in [1.82, 2.24) is 10.4 Å². The van der Waals surface area contributed by atoms with Crippen molar-refractivity contribution >= 4 is 40.9 Å². The number of amides is 4. The number of hydrogen-bond donors (Lipinski definition) is 1. The zero-order chi connectivity index (χ0) is 24.2. The number of aryl methyl sites for hydroxylation is 1. The van der Waals surface area contributed by atoms with Crippen molar-refractivity contribution in [1.29, 1.82) is 0 Å². The van der Waals surface area contributed by atoms with E-state index in [2.05, 4.69) is 5.43 Å². The molecule has 4 rings (SSSR count). The van der Waals surface area contributed by atoms with Gasteiger partial charge in [0, 0.05) is 0 Å². The Balaban J connectivity index is 1.65. The molecule has 8 heteroatoms. The second-order valence-electron chi connectivity index (χ2n) is 7.97. The molecule has 1 aliphatic rings. The summed E-state index contributed by atoms with van der Waals surface area (Å²) in [6, 6.07) is 21.1. The molecule has 0 spiro atoms. The molecule has 3 aromatic rings. The molecule has 1 unspecified atom stereocenters. The van der Waals surface area contributed by atoms with Crippen LogP contribution >= 0.6 is 11.6 Å². The fraction of sp³-hybridized carbons (Fsp3) is 0.154. The third kappa shape index (κ3) is 4.84. The molecule has 1 aliphatic heterocycles. The van der Waals surface area contributed by atoms with Gasteiger partial charge in [-0.25, -0.2) is 9.91 Å². The topological polar surface area (TPSA) is 86.8 Å². The Morgan fingerprint density at radius 1 is 1.00 bits per heavy atom. The largest absolute Gasteiger partial charge is 0.274 e. The van der Waals surface area contributed by atoms with E-state index in [1.54, 1.807) is 60.7 Å². The molecule has 1 atom stereocenters. The standard InChI is InChI=1S/C26H22ClN3O4/c1-17-8-7-11-19(14-17)29-23(31)16-22(26(29)34)30(24(32)15-18-9-3-2-4-10-18)28-25(33)20-12-5-6-13-21(20)27/h2-14,22H,15-16H2,1H3,(H,28,33). The lowest BCUT2D eigenvalue weighted by Crippen LogP contribution is -2.55. The van der Waals surface area contributed by atoms with E-state index in [0.717, 1.165) is 15.5 Å². The van der Waals surface area contributed by atoms with E-state index in [1.807, 2.05) is 19.1 Å². The minimum atomic E-state index is -1.18. The normalized spacial score (nSPS) is 15.4. The summed E-state index contributed by atoms with van der Waals surface area (Å²) in [5.41, 5.74) is 4.69. The molecule has 172 valence electrons. The maximum atomic E-state index is 13.3. The summed E-state index contributed by atoms with van der Waals surface area (Å²) >= 11 is 6.15. The highest BCUT2D eigenvalue weighted by Crippen LogP contribution is 2.26. The van der Waals surface area contributed by atoms with Crippen molar-refractivity contribution in [3.8, 4) is 0 Å². The molecule has 0 saturated carbocycles. The van der Waals surface area contributed by atoms with Crippen LogP contribution in [0, 0.1) is 6.92 Å². The van der Waals surface area contributed by atoms with E-state index < -0.39 is 29.7 Å². The summed E-state index contributed by atoms with van der Waals surface area (Å²) in [5, 5.41) is 1.17. The van der Waals surface area contributed by atoms with Crippen LogP contribution in [0.5, 0.6) is 0 Å². The Kier molecular flexibility index (Phi) is 6.75. The van der Waals surface area contributed by atoms with Crippen molar-refractivity contribution in [2.45, 2.75) is 25.8 Å². The van der Waals surface area contributed by atoms with Gasteiger partial charge in [0.2, 0.25) is 11.8 Å². The predicted molar refractivity (Wildman–Crippen MR) is 128 cm³/mol. The van der Waals surface area contributed by atoms with E-state index in [9.17, 15) is 19.2 Å². The van der Waals surface area contributed by atoms with Crippen molar-refractivity contribution < 1.29 is 19.2 Å². The first-order valence-electron chi connectivity index (χ1n) is 10.7. The van der Waals surface area contributed by atoms with Gasteiger partial charge in [-0.3, -0.25) is 24.6 Å². The van der Waals surface area contributed by atoms with Crippen molar-refractivity contribution in [2.75, 3.05) is 4.90 Å². The van der Waals surface area contributed by atoms with Crippen LogP contribution in [0.4, 0.5) is 5.69 Å². The zero-order valence-electron chi connectivity index (χ0n) is 18.4. The summed E-state index contributed by atoms with van der Waals surface area (Å²) in [6.07, 6.45) is -0.317. The van der Waals surface area contributed by atoms with Gasteiger partial charge in [0.25, 0.3) is 11.8 Å². The minimum absolute atomic E-state index is 0.0634. The number of hydrazine groups is 1.